The minimum absolute atomic E-state index is 0.0612. The average molecular weight is 288 g/mol. The molecule has 0 atom stereocenters. The molecule has 0 saturated carbocycles. The number of nitrogens with one attached hydrogen (secondary N) is 1. The minimum atomic E-state index is -0.675. The van der Waals surface area contributed by atoms with Gasteiger partial charge in [0.2, 0.25) is 5.69 Å². The van der Waals surface area contributed by atoms with Crippen LogP contribution in [0.3, 0.4) is 0 Å². The van der Waals surface area contributed by atoms with Crippen molar-refractivity contribution in [1.29, 1.82) is 0 Å². The SMILES string of the molecule is CCOC(=O)c1nnn2c1c(=O)[nH]c1cc(OC)ccc12. The van der Waals surface area contributed by atoms with E-state index >= 15 is 0 Å². The van der Waals surface area contributed by atoms with Gasteiger partial charge < -0.3 is 14.5 Å². The number of esters is 1. The molecule has 0 spiro atoms. The van der Waals surface area contributed by atoms with Crippen molar-refractivity contribution in [2.45, 2.75) is 6.92 Å². The molecule has 8 heteroatoms. The number of ether oxygens (including phenoxy) is 2. The Labute approximate surface area is 118 Å². The fourth-order valence-corrected chi connectivity index (χ4v) is 2.10. The van der Waals surface area contributed by atoms with Crippen LogP contribution in [0.2, 0.25) is 0 Å². The summed E-state index contributed by atoms with van der Waals surface area (Å²) in [7, 11) is 1.53. The van der Waals surface area contributed by atoms with E-state index in [1.165, 1.54) is 11.6 Å². The summed E-state index contributed by atoms with van der Waals surface area (Å²) in [5.74, 6) is -0.0749. The quantitative estimate of drug-likeness (QED) is 0.714. The summed E-state index contributed by atoms with van der Waals surface area (Å²) in [6, 6.07) is 5.12. The Morgan fingerprint density at radius 1 is 1.43 bits per heavy atom. The largest absolute Gasteiger partial charge is 0.497 e. The van der Waals surface area contributed by atoms with Crippen LogP contribution in [-0.4, -0.2) is 39.5 Å². The molecule has 0 radical (unpaired) electrons. The van der Waals surface area contributed by atoms with Crippen molar-refractivity contribution < 1.29 is 14.3 Å². The highest BCUT2D eigenvalue weighted by Gasteiger charge is 2.20. The van der Waals surface area contributed by atoms with E-state index in [1.807, 2.05) is 0 Å². The van der Waals surface area contributed by atoms with Crippen molar-refractivity contribution in [1.82, 2.24) is 19.8 Å². The van der Waals surface area contributed by atoms with Crippen molar-refractivity contribution in [2.75, 3.05) is 13.7 Å². The van der Waals surface area contributed by atoms with E-state index in [0.29, 0.717) is 16.8 Å². The predicted molar refractivity (Wildman–Crippen MR) is 73.6 cm³/mol. The van der Waals surface area contributed by atoms with Gasteiger partial charge in [-0.25, -0.2) is 9.31 Å². The molecule has 0 unspecified atom stereocenters. The molecule has 2 aromatic heterocycles. The molecular formula is C13H12N4O4. The lowest BCUT2D eigenvalue weighted by Gasteiger charge is -2.04. The van der Waals surface area contributed by atoms with Crippen molar-refractivity contribution >= 4 is 22.5 Å². The summed E-state index contributed by atoms with van der Waals surface area (Å²) in [4.78, 5) is 26.7. The molecule has 1 N–H and O–H groups in total. The number of aromatic nitrogens is 4. The maximum Gasteiger partial charge on any atom is 0.361 e. The van der Waals surface area contributed by atoms with Crippen molar-refractivity contribution in [2.24, 2.45) is 0 Å². The summed E-state index contributed by atoms with van der Waals surface area (Å²) in [6.07, 6.45) is 0. The molecule has 8 nitrogen and oxygen atoms in total. The Morgan fingerprint density at radius 2 is 2.24 bits per heavy atom. The van der Waals surface area contributed by atoms with Crippen LogP contribution in [0, 0.1) is 0 Å². The smallest absolute Gasteiger partial charge is 0.361 e. The van der Waals surface area contributed by atoms with Crippen LogP contribution >= 0.6 is 0 Å². The number of nitrogens with zero attached hydrogens (tertiary/aromatic N) is 3. The highest BCUT2D eigenvalue weighted by Crippen LogP contribution is 2.19. The van der Waals surface area contributed by atoms with E-state index in [-0.39, 0.29) is 17.8 Å². The Bertz CT molecular complexity index is 896. The highest BCUT2D eigenvalue weighted by atomic mass is 16.5. The monoisotopic (exact) mass is 288 g/mol. The standard InChI is InChI=1S/C13H12N4O4/c1-3-21-13(19)10-11-12(18)14-8-6-7(20-2)4-5-9(8)17(11)16-15-10/h4-6H,3H2,1-2H3,(H,14,18). The lowest BCUT2D eigenvalue weighted by Crippen LogP contribution is -2.15. The van der Waals surface area contributed by atoms with Crippen molar-refractivity contribution in [3.8, 4) is 5.75 Å². The number of carbonyl (C=O) groups excluding carboxylic acids is 1. The zero-order valence-corrected chi connectivity index (χ0v) is 11.4. The number of benzene rings is 1. The molecule has 0 saturated heterocycles. The Kier molecular flexibility index (Phi) is 3.05. The molecule has 1 aromatic carbocycles. The van der Waals surface area contributed by atoms with Crippen molar-refractivity contribution in [3.63, 3.8) is 0 Å². The second-order valence-electron chi connectivity index (χ2n) is 4.26. The molecule has 0 aliphatic heterocycles. The lowest BCUT2D eigenvalue weighted by molar-refractivity contribution is 0.0521. The van der Waals surface area contributed by atoms with Gasteiger partial charge in [-0.05, 0) is 19.1 Å². The van der Waals surface area contributed by atoms with Gasteiger partial charge in [-0.2, -0.15) is 0 Å². The van der Waals surface area contributed by atoms with Gasteiger partial charge >= 0.3 is 5.97 Å². The molecule has 108 valence electrons. The number of H-pyrrole nitrogens is 1. The van der Waals surface area contributed by atoms with E-state index in [4.69, 9.17) is 9.47 Å². The van der Waals surface area contributed by atoms with Gasteiger partial charge in [0, 0.05) is 6.07 Å². The Balaban J connectivity index is 2.32. The van der Waals surface area contributed by atoms with E-state index in [1.54, 1.807) is 25.1 Å². The molecule has 2 heterocycles. The van der Waals surface area contributed by atoms with Crippen LogP contribution in [-0.2, 0) is 4.74 Å². The van der Waals surface area contributed by atoms with Gasteiger partial charge in [0.15, 0.2) is 5.52 Å². The molecule has 0 bridgehead atoms. The van der Waals surface area contributed by atoms with Crippen LogP contribution in [0.4, 0.5) is 0 Å². The normalized spacial score (nSPS) is 11.0. The van der Waals surface area contributed by atoms with E-state index < -0.39 is 11.5 Å². The number of methoxy groups -OCH3 is 1. The third-order valence-electron chi connectivity index (χ3n) is 3.03. The molecule has 0 aliphatic rings. The summed E-state index contributed by atoms with van der Waals surface area (Å²) in [5, 5.41) is 7.63. The van der Waals surface area contributed by atoms with E-state index in [0.717, 1.165) is 0 Å². The summed E-state index contributed by atoms with van der Waals surface area (Å²) >= 11 is 0. The number of hydrogen-bond donors (Lipinski definition) is 1. The van der Waals surface area contributed by atoms with Gasteiger partial charge in [0.25, 0.3) is 5.56 Å². The number of fused-ring (bicyclic) bond motifs is 3. The zero-order chi connectivity index (χ0) is 15.0. The fourth-order valence-electron chi connectivity index (χ4n) is 2.10. The maximum atomic E-state index is 12.2. The first kappa shape index (κ1) is 13.1. The van der Waals surface area contributed by atoms with E-state index in [9.17, 15) is 9.59 Å². The second-order valence-corrected chi connectivity index (χ2v) is 4.26. The Hall–Kier alpha value is -2.90. The van der Waals surface area contributed by atoms with Gasteiger partial charge in [-0.1, -0.05) is 5.21 Å². The van der Waals surface area contributed by atoms with Crippen LogP contribution < -0.4 is 10.3 Å². The predicted octanol–water partition coefficient (Wildman–Crippen LogP) is 0.756. The molecule has 0 amide bonds. The van der Waals surface area contributed by atoms with Gasteiger partial charge in [-0.15, -0.1) is 5.10 Å². The molecule has 0 fully saturated rings. The number of hydrogen-bond acceptors (Lipinski definition) is 6. The maximum absolute atomic E-state index is 12.2. The van der Waals surface area contributed by atoms with Crippen LogP contribution in [0.5, 0.6) is 5.75 Å². The summed E-state index contributed by atoms with van der Waals surface area (Å²) in [5.41, 5.74) is 0.631. The summed E-state index contributed by atoms with van der Waals surface area (Å²) < 4.78 is 11.3. The molecule has 21 heavy (non-hydrogen) atoms. The van der Waals surface area contributed by atoms with Crippen LogP contribution in [0.25, 0.3) is 16.6 Å². The molecule has 3 aromatic rings. The average Bonchev–Trinajstić information content (AvgIpc) is 2.92. The minimum Gasteiger partial charge on any atom is -0.497 e. The number of aromatic amines is 1. The molecular weight excluding hydrogens is 276 g/mol. The lowest BCUT2D eigenvalue weighted by atomic mass is 10.2. The van der Waals surface area contributed by atoms with Gasteiger partial charge in [-0.3, -0.25) is 4.79 Å². The van der Waals surface area contributed by atoms with Crippen LogP contribution in [0.1, 0.15) is 17.4 Å². The first-order chi connectivity index (χ1) is 10.2. The third-order valence-corrected chi connectivity index (χ3v) is 3.03. The molecule has 0 aliphatic carbocycles. The Morgan fingerprint density at radius 3 is 2.95 bits per heavy atom. The van der Waals surface area contributed by atoms with Gasteiger partial charge in [0.05, 0.1) is 24.8 Å². The second kappa shape index (κ2) is 4.89. The first-order valence-electron chi connectivity index (χ1n) is 6.28. The van der Waals surface area contributed by atoms with Crippen molar-refractivity contribution in [3.05, 3.63) is 34.2 Å². The van der Waals surface area contributed by atoms with Gasteiger partial charge in [0.1, 0.15) is 5.75 Å². The summed E-state index contributed by atoms with van der Waals surface area (Å²) in [6.45, 7) is 1.87. The fraction of sp³-hybridized carbons (Fsp3) is 0.231. The topological polar surface area (TPSA) is 98.6 Å². The zero-order valence-electron chi connectivity index (χ0n) is 11.4. The van der Waals surface area contributed by atoms with Crippen LogP contribution in [0.15, 0.2) is 23.0 Å². The first-order valence-corrected chi connectivity index (χ1v) is 6.28. The number of rotatable bonds is 3. The molecule has 3 rings (SSSR count). The number of carbonyl (C=O) groups is 1. The van der Waals surface area contributed by atoms with E-state index in [2.05, 4.69) is 15.3 Å². The third kappa shape index (κ3) is 2.00. The highest BCUT2D eigenvalue weighted by molar-refractivity contribution is 5.95.